The number of aromatic nitrogens is 3. The van der Waals surface area contributed by atoms with E-state index >= 15 is 0 Å². The molecule has 2 rings (SSSR count). The van der Waals surface area contributed by atoms with Crippen molar-refractivity contribution in [1.82, 2.24) is 14.8 Å². The van der Waals surface area contributed by atoms with E-state index in [9.17, 15) is 4.79 Å². The highest BCUT2D eigenvalue weighted by atomic mass is 32.1. The SMILES string of the molecule is CC(Cn1cccn1)Nc1nc(CC(=O)O)cs1. The summed E-state index contributed by atoms with van der Waals surface area (Å²) < 4.78 is 1.84. The van der Waals surface area contributed by atoms with Gasteiger partial charge in [0, 0.05) is 23.8 Å². The summed E-state index contributed by atoms with van der Waals surface area (Å²) in [6.45, 7) is 2.76. The standard InChI is InChI=1S/C11H14N4O2S/c1-8(6-15-4-2-3-12-15)13-11-14-9(7-18-11)5-10(16)17/h2-4,7-8H,5-6H2,1H3,(H,13,14)(H,16,17). The molecule has 0 aliphatic heterocycles. The molecule has 0 spiro atoms. The maximum atomic E-state index is 10.5. The molecular weight excluding hydrogens is 252 g/mol. The topological polar surface area (TPSA) is 80.0 Å². The van der Waals surface area contributed by atoms with Crippen LogP contribution in [0.15, 0.2) is 23.8 Å². The van der Waals surface area contributed by atoms with E-state index in [2.05, 4.69) is 15.4 Å². The van der Waals surface area contributed by atoms with Crippen molar-refractivity contribution in [2.45, 2.75) is 25.9 Å². The van der Waals surface area contributed by atoms with Gasteiger partial charge in [-0.15, -0.1) is 11.3 Å². The van der Waals surface area contributed by atoms with Gasteiger partial charge in [0.15, 0.2) is 5.13 Å². The van der Waals surface area contributed by atoms with Crippen LogP contribution in [-0.4, -0.2) is 31.9 Å². The van der Waals surface area contributed by atoms with Gasteiger partial charge in [0.25, 0.3) is 0 Å². The Morgan fingerprint density at radius 3 is 3.17 bits per heavy atom. The fourth-order valence-electron chi connectivity index (χ4n) is 1.55. The number of thiazole rings is 1. The summed E-state index contributed by atoms with van der Waals surface area (Å²) in [5.41, 5.74) is 0.585. The van der Waals surface area contributed by atoms with Gasteiger partial charge in [-0.2, -0.15) is 5.10 Å². The Morgan fingerprint density at radius 1 is 1.67 bits per heavy atom. The summed E-state index contributed by atoms with van der Waals surface area (Å²) in [5.74, 6) is -0.864. The fourth-order valence-corrected chi connectivity index (χ4v) is 2.38. The van der Waals surface area contributed by atoms with Gasteiger partial charge in [-0.05, 0) is 13.0 Å². The highest BCUT2D eigenvalue weighted by molar-refractivity contribution is 7.13. The van der Waals surface area contributed by atoms with Crippen LogP contribution < -0.4 is 5.32 Å². The third-order valence-corrected chi connectivity index (χ3v) is 3.10. The first-order valence-corrected chi connectivity index (χ1v) is 6.41. The first-order valence-electron chi connectivity index (χ1n) is 5.53. The highest BCUT2D eigenvalue weighted by Crippen LogP contribution is 2.17. The molecule has 1 atom stereocenters. The molecule has 0 amide bonds. The predicted molar refractivity (Wildman–Crippen MR) is 68.8 cm³/mol. The maximum absolute atomic E-state index is 10.5. The Labute approximate surface area is 108 Å². The molecule has 2 aromatic heterocycles. The largest absolute Gasteiger partial charge is 0.481 e. The number of anilines is 1. The number of nitrogens with one attached hydrogen (secondary N) is 1. The van der Waals surface area contributed by atoms with E-state index in [4.69, 9.17) is 5.11 Å². The molecule has 18 heavy (non-hydrogen) atoms. The number of carboxylic acid groups (broad SMARTS) is 1. The normalized spacial score (nSPS) is 12.3. The molecule has 0 bridgehead atoms. The van der Waals surface area contributed by atoms with E-state index < -0.39 is 5.97 Å². The zero-order valence-corrected chi connectivity index (χ0v) is 10.7. The van der Waals surface area contributed by atoms with E-state index in [1.54, 1.807) is 11.6 Å². The van der Waals surface area contributed by atoms with Crippen molar-refractivity contribution in [1.29, 1.82) is 0 Å². The average Bonchev–Trinajstić information content (AvgIpc) is 2.89. The predicted octanol–water partition coefficient (Wildman–Crippen LogP) is 1.47. The second-order valence-electron chi connectivity index (χ2n) is 3.99. The summed E-state index contributed by atoms with van der Waals surface area (Å²) in [7, 11) is 0. The van der Waals surface area contributed by atoms with Gasteiger partial charge < -0.3 is 10.4 Å². The molecule has 0 saturated heterocycles. The van der Waals surface area contributed by atoms with Gasteiger partial charge in [-0.1, -0.05) is 0 Å². The molecule has 2 N–H and O–H groups in total. The second kappa shape index (κ2) is 5.63. The van der Waals surface area contributed by atoms with Crippen molar-refractivity contribution in [2.75, 3.05) is 5.32 Å². The molecule has 7 heteroatoms. The van der Waals surface area contributed by atoms with Crippen molar-refractivity contribution in [3.63, 3.8) is 0 Å². The quantitative estimate of drug-likeness (QED) is 0.827. The Balaban J connectivity index is 1.88. The minimum absolute atomic E-state index is 0.0360. The Morgan fingerprint density at radius 2 is 2.50 bits per heavy atom. The molecule has 1 unspecified atom stereocenters. The number of carbonyl (C=O) groups is 1. The van der Waals surface area contributed by atoms with E-state index in [0.717, 1.165) is 11.7 Å². The molecule has 6 nitrogen and oxygen atoms in total. The maximum Gasteiger partial charge on any atom is 0.309 e. The van der Waals surface area contributed by atoms with Crippen LogP contribution in [0.25, 0.3) is 0 Å². The smallest absolute Gasteiger partial charge is 0.309 e. The summed E-state index contributed by atoms with van der Waals surface area (Å²) in [6, 6.07) is 2.05. The van der Waals surface area contributed by atoms with Crippen LogP contribution in [0.4, 0.5) is 5.13 Å². The van der Waals surface area contributed by atoms with Crippen LogP contribution in [0.2, 0.25) is 0 Å². The van der Waals surface area contributed by atoms with Crippen LogP contribution in [0.5, 0.6) is 0 Å². The molecule has 0 saturated carbocycles. The lowest BCUT2D eigenvalue weighted by Gasteiger charge is -2.12. The third-order valence-electron chi connectivity index (χ3n) is 2.27. The van der Waals surface area contributed by atoms with Gasteiger partial charge in [-0.3, -0.25) is 9.48 Å². The molecule has 0 aliphatic rings. The molecule has 0 radical (unpaired) electrons. The Hall–Kier alpha value is -1.89. The molecule has 2 aromatic rings. The summed E-state index contributed by atoms with van der Waals surface area (Å²) in [6.07, 6.45) is 3.60. The molecule has 2 heterocycles. The minimum Gasteiger partial charge on any atom is -0.481 e. The lowest BCUT2D eigenvalue weighted by Crippen LogP contribution is -2.22. The zero-order valence-electron chi connectivity index (χ0n) is 9.91. The molecule has 96 valence electrons. The second-order valence-corrected chi connectivity index (χ2v) is 4.85. The van der Waals surface area contributed by atoms with Gasteiger partial charge in [0.2, 0.25) is 0 Å². The summed E-state index contributed by atoms with van der Waals surface area (Å²) in [5, 5.41) is 18.5. The van der Waals surface area contributed by atoms with Crippen molar-refractivity contribution in [3.8, 4) is 0 Å². The number of hydrogen-bond donors (Lipinski definition) is 2. The average molecular weight is 266 g/mol. The van der Waals surface area contributed by atoms with Crippen molar-refractivity contribution < 1.29 is 9.90 Å². The van der Waals surface area contributed by atoms with Crippen LogP contribution >= 0.6 is 11.3 Å². The van der Waals surface area contributed by atoms with E-state index in [-0.39, 0.29) is 12.5 Å². The number of carboxylic acids is 1. The van der Waals surface area contributed by atoms with Gasteiger partial charge >= 0.3 is 5.97 Å². The molecular formula is C11H14N4O2S. The first-order chi connectivity index (χ1) is 8.63. The summed E-state index contributed by atoms with van der Waals surface area (Å²) >= 11 is 1.42. The van der Waals surface area contributed by atoms with Crippen LogP contribution in [0, 0.1) is 0 Å². The number of nitrogens with zero attached hydrogens (tertiary/aromatic N) is 3. The Bertz CT molecular complexity index is 509. The lowest BCUT2D eigenvalue weighted by atomic mass is 10.3. The highest BCUT2D eigenvalue weighted by Gasteiger charge is 2.09. The van der Waals surface area contributed by atoms with Crippen LogP contribution in [0.3, 0.4) is 0 Å². The number of aliphatic carboxylic acids is 1. The van der Waals surface area contributed by atoms with Crippen LogP contribution in [-0.2, 0) is 17.8 Å². The molecule has 0 aliphatic carbocycles. The Kier molecular flexibility index (Phi) is 3.93. The third kappa shape index (κ3) is 3.56. The summed E-state index contributed by atoms with van der Waals surface area (Å²) in [4.78, 5) is 14.8. The number of rotatable bonds is 6. The van der Waals surface area contributed by atoms with Crippen LogP contribution in [0.1, 0.15) is 12.6 Å². The monoisotopic (exact) mass is 266 g/mol. The lowest BCUT2D eigenvalue weighted by molar-refractivity contribution is -0.136. The first kappa shape index (κ1) is 12.6. The zero-order chi connectivity index (χ0) is 13.0. The van der Waals surface area contributed by atoms with Gasteiger partial charge in [0.1, 0.15) is 0 Å². The number of hydrogen-bond acceptors (Lipinski definition) is 5. The van der Waals surface area contributed by atoms with E-state index in [1.807, 2.05) is 23.9 Å². The van der Waals surface area contributed by atoms with Gasteiger partial charge in [-0.25, -0.2) is 4.98 Å². The van der Waals surface area contributed by atoms with Crippen molar-refractivity contribution in [2.24, 2.45) is 0 Å². The van der Waals surface area contributed by atoms with Crippen molar-refractivity contribution in [3.05, 3.63) is 29.5 Å². The molecule has 0 aromatic carbocycles. The molecule has 0 fully saturated rings. The minimum atomic E-state index is -0.864. The van der Waals surface area contributed by atoms with Crippen molar-refractivity contribution >= 4 is 22.4 Å². The van der Waals surface area contributed by atoms with E-state index in [0.29, 0.717) is 5.69 Å². The fraction of sp³-hybridized carbons (Fsp3) is 0.364. The van der Waals surface area contributed by atoms with E-state index in [1.165, 1.54) is 11.3 Å². The van der Waals surface area contributed by atoms with Gasteiger partial charge in [0.05, 0.1) is 18.7 Å².